The number of methoxy groups -OCH3 is 1. The molecule has 2 bridgehead atoms. The van der Waals surface area contributed by atoms with Gasteiger partial charge in [-0.3, -0.25) is 4.79 Å². The summed E-state index contributed by atoms with van der Waals surface area (Å²) in [5.74, 6) is -0.399. The van der Waals surface area contributed by atoms with Crippen molar-refractivity contribution in [3.8, 4) is 0 Å². The van der Waals surface area contributed by atoms with Gasteiger partial charge >= 0.3 is 12.1 Å². The minimum atomic E-state index is -0.512. The lowest BCUT2D eigenvalue weighted by Gasteiger charge is -2.45. The minimum Gasteiger partial charge on any atom is -0.469 e. The van der Waals surface area contributed by atoms with Gasteiger partial charge in [-0.25, -0.2) is 4.79 Å². The zero-order valence-electron chi connectivity index (χ0n) is 12.5. The predicted molar refractivity (Wildman–Crippen MR) is 71.1 cm³/mol. The van der Waals surface area contributed by atoms with Crippen LogP contribution in [0.5, 0.6) is 0 Å². The molecule has 20 heavy (non-hydrogen) atoms. The van der Waals surface area contributed by atoms with E-state index in [2.05, 4.69) is 0 Å². The van der Waals surface area contributed by atoms with Crippen molar-refractivity contribution in [2.24, 2.45) is 17.8 Å². The molecule has 0 aromatic heterocycles. The average molecular weight is 285 g/mol. The number of rotatable bonds is 1. The summed E-state index contributed by atoms with van der Waals surface area (Å²) in [6.45, 7) is 7.45. The minimum absolute atomic E-state index is 0.0116. The van der Waals surface area contributed by atoms with Crippen LogP contribution in [0.2, 0.25) is 0 Å². The monoisotopic (exact) mass is 285 g/mol. The first kappa shape index (κ1) is 15.1. The number of esters is 1. The molecular weight excluding hydrogens is 262 g/mol. The number of piperidine rings is 1. The number of carbonyl (C=O) groups excluding carboxylic acids is 2. The van der Waals surface area contributed by atoms with Gasteiger partial charge in [-0.1, -0.05) is 0 Å². The fourth-order valence-electron chi connectivity index (χ4n) is 2.93. The third-order valence-corrected chi connectivity index (χ3v) is 3.71. The van der Waals surface area contributed by atoms with Gasteiger partial charge in [0.25, 0.3) is 0 Å². The molecule has 6 heteroatoms. The third-order valence-electron chi connectivity index (χ3n) is 3.71. The van der Waals surface area contributed by atoms with Gasteiger partial charge in [0.15, 0.2) is 0 Å². The first-order chi connectivity index (χ1) is 9.31. The molecule has 2 rings (SSSR count). The molecule has 114 valence electrons. The molecule has 2 saturated heterocycles. The second kappa shape index (κ2) is 5.60. The molecule has 2 atom stereocenters. The Labute approximate surface area is 119 Å². The molecule has 0 radical (unpaired) electrons. The van der Waals surface area contributed by atoms with E-state index in [1.54, 1.807) is 4.90 Å². The highest BCUT2D eigenvalue weighted by Gasteiger charge is 2.46. The van der Waals surface area contributed by atoms with E-state index in [4.69, 9.17) is 14.2 Å². The second-order valence-electron chi connectivity index (χ2n) is 6.49. The highest BCUT2D eigenvalue weighted by Crippen LogP contribution is 2.34. The van der Waals surface area contributed by atoms with Crippen LogP contribution in [0.1, 0.15) is 20.8 Å². The maximum atomic E-state index is 12.1. The molecule has 2 heterocycles. The fraction of sp³-hybridized carbons (Fsp3) is 0.857. The van der Waals surface area contributed by atoms with E-state index in [9.17, 15) is 9.59 Å². The standard InChI is InChI=1S/C14H23NO5/c1-14(2,3)20-13(17)15-5-9-7-19-8-10(6-15)11(9)12(16)18-4/h9-11H,5-8H2,1-4H3. The molecule has 1 amide bonds. The first-order valence-electron chi connectivity index (χ1n) is 6.95. The number of hydrogen-bond acceptors (Lipinski definition) is 5. The van der Waals surface area contributed by atoms with E-state index >= 15 is 0 Å². The predicted octanol–water partition coefficient (Wildman–Crippen LogP) is 1.29. The molecule has 0 spiro atoms. The Morgan fingerprint density at radius 1 is 1.15 bits per heavy atom. The van der Waals surface area contributed by atoms with Crippen molar-refractivity contribution in [1.82, 2.24) is 4.90 Å². The molecule has 2 fully saturated rings. The van der Waals surface area contributed by atoms with Gasteiger partial charge in [0, 0.05) is 24.9 Å². The quantitative estimate of drug-likeness (QED) is 0.679. The van der Waals surface area contributed by atoms with E-state index in [1.807, 2.05) is 20.8 Å². The van der Waals surface area contributed by atoms with Gasteiger partial charge in [-0.2, -0.15) is 0 Å². The van der Waals surface area contributed by atoms with E-state index in [-0.39, 0.29) is 29.8 Å². The summed E-state index contributed by atoms with van der Waals surface area (Å²) in [6, 6.07) is 0. The summed E-state index contributed by atoms with van der Waals surface area (Å²) < 4.78 is 15.8. The number of fused-ring (bicyclic) bond motifs is 2. The Balaban J connectivity index is 2.05. The molecule has 2 unspecified atom stereocenters. The van der Waals surface area contributed by atoms with E-state index in [1.165, 1.54) is 7.11 Å². The van der Waals surface area contributed by atoms with Crippen molar-refractivity contribution < 1.29 is 23.8 Å². The third kappa shape index (κ3) is 3.23. The first-order valence-corrected chi connectivity index (χ1v) is 6.95. The summed E-state index contributed by atoms with van der Waals surface area (Å²) in [6.07, 6.45) is -0.322. The lowest BCUT2D eigenvalue weighted by Crippen LogP contribution is -2.57. The number of carbonyl (C=O) groups is 2. The maximum absolute atomic E-state index is 12.1. The highest BCUT2D eigenvalue weighted by molar-refractivity contribution is 5.74. The Bertz CT molecular complexity index is 376. The normalized spacial score (nSPS) is 29.8. The molecule has 0 aliphatic carbocycles. The molecule has 2 aliphatic rings. The molecule has 0 aromatic rings. The van der Waals surface area contributed by atoms with Crippen molar-refractivity contribution in [2.45, 2.75) is 26.4 Å². The Morgan fingerprint density at radius 2 is 1.70 bits per heavy atom. The van der Waals surface area contributed by atoms with Crippen LogP contribution < -0.4 is 0 Å². The smallest absolute Gasteiger partial charge is 0.410 e. The van der Waals surface area contributed by atoms with Gasteiger partial charge in [-0.15, -0.1) is 0 Å². The summed E-state index contributed by atoms with van der Waals surface area (Å²) >= 11 is 0. The van der Waals surface area contributed by atoms with Crippen molar-refractivity contribution in [3.05, 3.63) is 0 Å². The second-order valence-corrected chi connectivity index (χ2v) is 6.49. The van der Waals surface area contributed by atoms with Crippen molar-refractivity contribution in [2.75, 3.05) is 33.4 Å². The van der Waals surface area contributed by atoms with Crippen molar-refractivity contribution in [3.63, 3.8) is 0 Å². The zero-order chi connectivity index (χ0) is 14.9. The number of amides is 1. The zero-order valence-corrected chi connectivity index (χ0v) is 12.5. The van der Waals surface area contributed by atoms with Crippen LogP contribution >= 0.6 is 0 Å². The molecule has 6 nitrogen and oxygen atoms in total. The lowest BCUT2D eigenvalue weighted by molar-refractivity contribution is -0.163. The molecule has 0 N–H and O–H groups in total. The van der Waals surface area contributed by atoms with Gasteiger partial charge in [0.05, 0.1) is 26.2 Å². The summed E-state index contributed by atoms with van der Waals surface area (Å²) in [7, 11) is 1.40. The van der Waals surface area contributed by atoms with E-state index in [0.29, 0.717) is 26.3 Å². The van der Waals surface area contributed by atoms with Gasteiger partial charge in [-0.05, 0) is 20.8 Å². The number of ether oxygens (including phenoxy) is 3. The van der Waals surface area contributed by atoms with Crippen LogP contribution in [0, 0.1) is 17.8 Å². The van der Waals surface area contributed by atoms with Crippen LogP contribution in [0.25, 0.3) is 0 Å². The van der Waals surface area contributed by atoms with Gasteiger partial charge < -0.3 is 19.1 Å². The fourth-order valence-corrected chi connectivity index (χ4v) is 2.93. The summed E-state index contributed by atoms with van der Waals surface area (Å²) in [5.41, 5.74) is -0.512. The van der Waals surface area contributed by atoms with Crippen molar-refractivity contribution >= 4 is 12.1 Å². The number of hydrogen-bond donors (Lipinski definition) is 0. The van der Waals surface area contributed by atoms with Crippen LogP contribution in [0.3, 0.4) is 0 Å². The van der Waals surface area contributed by atoms with Crippen LogP contribution in [0.4, 0.5) is 4.79 Å². The largest absolute Gasteiger partial charge is 0.469 e. The average Bonchev–Trinajstić information content (AvgIpc) is 2.34. The molecule has 2 aliphatic heterocycles. The molecule has 0 aromatic carbocycles. The SMILES string of the molecule is COC(=O)C1C2COCC1CN(C(=O)OC(C)(C)C)C2. The maximum Gasteiger partial charge on any atom is 0.410 e. The van der Waals surface area contributed by atoms with E-state index in [0.717, 1.165) is 0 Å². The topological polar surface area (TPSA) is 65.1 Å². The lowest BCUT2D eigenvalue weighted by atomic mass is 9.76. The Morgan fingerprint density at radius 3 is 2.15 bits per heavy atom. The Hall–Kier alpha value is -1.30. The summed E-state index contributed by atoms with van der Waals surface area (Å²) in [5, 5.41) is 0. The van der Waals surface area contributed by atoms with Gasteiger partial charge in [0.2, 0.25) is 0 Å². The van der Waals surface area contributed by atoms with Crippen LogP contribution in [0.15, 0.2) is 0 Å². The Kier molecular flexibility index (Phi) is 4.22. The summed E-state index contributed by atoms with van der Waals surface area (Å²) in [4.78, 5) is 25.7. The molecule has 0 saturated carbocycles. The van der Waals surface area contributed by atoms with Crippen LogP contribution in [-0.4, -0.2) is 56.0 Å². The highest BCUT2D eigenvalue weighted by atomic mass is 16.6. The number of nitrogens with zero attached hydrogens (tertiary/aromatic N) is 1. The van der Waals surface area contributed by atoms with Crippen molar-refractivity contribution in [1.29, 1.82) is 0 Å². The number of likely N-dealkylation sites (tertiary alicyclic amines) is 1. The van der Waals surface area contributed by atoms with Crippen LogP contribution in [-0.2, 0) is 19.0 Å². The van der Waals surface area contributed by atoms with E-state index < -0.39 is 5.60 Å². The van der Waals surface area contributed by atoms with Gasteiger partial charge in [0.1, 0.15) is 5.60 Å². The molecular formula is C14H23NO5.